The average Bonchev–Trinajstić information content (AvgIpc) is 3.53. The van der Waals surface area contributed by atoms with E-state index in [0.29, 0.717) is 0 Å². The lowest BCUT2D eigenvalue weighted by Crippen LogP contribution is -1.98. The van der Waals surface area contributed by atoms with Gasteiger partial charge < -0.3 is 14.2 Å². The Morgan fingerprint density at radius 1 is 0.424 bits per heavy atom. The van der Waals surface area contributed by atoms with Crippen LogP contribution in [0.3, 0.4) is 0 Å². The second-order valence-electron chi connectivity index (χ2n) is 9.07. The fraction of sp³-hybridized carbons (Fsp3) is 0.200. The Hall–Kier alpha value is -3.72. The van der Waals surface area contributed by atoms with Crippen LogP contribution in [0.4, 0.5) is 0 Å². The van der Waals surface area contributed by atoms with Crippen LogP contribution < -0.4 is 14.2 Å². The van der Waals surface area contributed by atoms with E-state index in [-0.39, 0.29) is 0 Å². The van der Waals surface area contributed by atoms with Gasteiger partial charge in [-0.05, 0) is 87.5 Å². The van der Waals surface area contributed by atoms with Crippen LogP contribution in [0.25, 0.3) is 33.4 Å². The molecule has 0 amide bonds. The van der Waals surface area contributed by atoms with Crippen LogP contribution in [0.2, 0.25) is 0 Å². The second kappa shape index (κ2) is 6.64. The van der Waals surface area contributed by atoms with Gasteiger partial charge in [0.05, 0.1) is 21.3 Å². The molecule has 3 aliphatic rings. The van der Waals surface area contributed by atoms with Gasteiger partial charge in [-0.15, -0.1) is 0 Å². The van der Waals surface area contributed by atoms with Gasteiger partial charge in [0, 0.05) is 16.7 Å². The fourth-order valence-corrected chi connectivity index (χ4v) is 6.46. The molecule has 7 rings (SSSR count). The third-order valence-corrected chi connectivity index (χ3v) is 7.66. The van der Waals surface area contributed by atoms with E-state index in [1.165, 1.54) is 66.8 Å². The first-order valence-electron chi connectivity index (χ1n) is 11.4. The standard InChI is InChI=1S/C30H24O3/c1-31-22-10-4-7-16-13-19-28(25(16)22)20-14-17-8-5-11-23(32-2)26(17)30(20)21-15-18-9-6-12-24(33-3)27(18)29(19)21/h4-12H,13-15H2,1-3H3. The van der Waals surface area contributed by atoms with Crippen LogP contribution in [0, 0.1) is 0 Å². The SMILES string of the molecule is COc1cccc2c1-c1c(c3c(c4c1Cc1cccc(OC)c1-4)Cc1cccc(OC)c1-3)C2. The Kier molecular flexibility index (Phi) is 3.79. The molecule has 0 spiro atoms. The Morgan fingerprint density at radius 2 is 0.727 bits per heavy atom. The second-order valence-corrected chi connectivity index (χ2v) is 9.07. The first kappa shape index (κ1) is 18.8. The summed E-state index contributed by atoms with van der Waals surface area (Å²) in [5.74, 6) is 2.86. The zero-order valence-corrected chi connectivity index (χ0v) is 19.0. The van der Waals surface area contributed by atoms with Crippen LogP contribution in [-0.4, -0.2) is 21.3 Å². The lowest BCUT2D eigenvalue weighted by molar-refractivity contribution is 0.416. The predicted octanol–water partition coefficient (Wildman–Crippen LogP) is 6.43. The molecule has 4 aromatic rings. The van der Waals surface area contributed by atoms with Crippen molar-refractivity contribution in [3.63, 3.8) is 0 Å². The quantitative estimate of drug-likeness (QED) is 0.322. The van der Waals surface area contributed by atoms with Crippen LogP contribution >= 0.6 is 0 Å². The molecule has 0 unspecified atom stereocenters. The molecule has 0 bridgehead atoms. The number of rotatable bonds is 3. The molecule has 0 radical (unpaired) electrons. The number of fused-ring (bicyclic) bond motifs is 12. The van der Waals surface area contributed by atoms with Crippen molar-refractivity contribution in [3.8, 4) is 50.6 Å². The molecule has 3 heteroatoms. The first-order chi connectivity index (χ1) is 16.2. The molecule has 0 heterocycles. The van der Waals surface area contributed by atoms with E-state index in [1.54, 1.807) is 21.3 Å². The molecule has 162 valence electrons. The zero-order chi connectivity index (χ0) is 22.3. The molecule has 0 aliphatic heterocycles. The third kappa shape index (κ3) is 2.29. The van der Waals surface area contributed by atoms with Crippen molar-refractivity contribution in [2.75, 3.05) is 21.3 Å². The van der Waals surface area contributed by atoms with E-state index in [1.807, 2.05) is 0 Å². The van der Waals surface area contributed by atoms with Gasteiger partial charge in [0.25, 0.3) is 0 Å². The van der Waals surface area contributed by atoms with Gasteiger partial charge in [0.15, 0.2) is 0 Å². The van der Waals surface area contributed by atoms with Crippen LogP contribution in [0.5, 0.6) is 17.2 Å². The van der Waals surface area contributed by atoms with Crippen molar-refractivity contribution in [2.45, 2.75) is 19.3 Å². The average molecular weight is 433 g/mol. The maximum Gasteiger partial charge on any atom is 0.126 e. The van der Waals surface area contributed by atoms with Crippen molar-refractivity contribution in [3.05, 3.63) is 88.0 Å². The number of benzene rings is 4. The topological polar surface area (TPSA) is 27.7 Å². The van der Waals surface area contributed by atoms with Crippen LogP contribution in [0.15, 0.2) is 54.6 Å². The Bertz CT molecular complexity index is 1290. The third-order valence-electron chi connectivity index (χ3n) is 7.66. The summed E-state index contributed by atoms with van der Waals surface area (Å²) in [5, 5.41) is 0. The Morgan fingerprint density at radius 3 is 1.00 bits per heavy atom. The van der Waals surface area contributed by atoms with Gasteiger partial charge in [-0.1, -0.05) is 36.4 Å². The largest absolute Gasteiger partial charge is 0.496 e. The molecule has 0 atom stereocenters. The normalized spacial score (nSPS) is 13.5. The summed E-state index contributed by atoms with van der Waals surface area (Å²) in [5.41, 5.74) is 16.1. The first-order valence-corrected chi connectivity index (χ1v) is 11.4. The van der Waals surface area contributed by atoms with Gasteiger partial charge in [0.2, 0.25) is 0 Å². The summed E-state index contributed by atoms with van der Waals surface area (Å²) in [6.07, 6.45) is 2.76. The monoisotopic (exact) mass is 432 g/mol. The number of ether oxygens (including phenoxy) is 3. The smallest absolute Gasteiger partial charge is 0.126 e. The van der Waals surface area contributed by atoms with Gasteiger partial charge >= 0.3 is 0 Å². The highest BCUT2D eigenvalue weighted by Crippen LogP contribution is 2.60. The maximum absolute atomic E-state index is 5.88. The summed E-state index contributed by atoms with van der Waals surface area (Å²) in [6, 6.07) is 19.3. The summed E-state index contributed by atoms with van der Waals surface area (Å²) in [4.78, 5) is 0. The molecule has 0 N–H and O–H groups in total. The van der Waals surface area contributed by atoms with Gasteiger partial charge in [0.1, 0.15) is 17.2 Å². The van der Waals surface area contributed by atoms with Crippen molar-refractivity contribution >= 4 is 0 Å². The van der Waals surface area contributed by atoms with E-state index in [0.717, 1.165) is 36.5 Å². The lowest BCUT2D eigenvalue weighted by Gasteiger charge is -2.19. The van der Waals surface area contributed by atoms with Gasteiger partial charge in [-0.25, -0.2) is 0 Å². The molecule has 3 nitrogen and oxygen atoms in total. The van der Waals surface area contributed by atoms with Crippen molar-refractivity contribution in [2.24, 2.45) is 0 Å². The molecule has 0 aromatic heterocycles. The van der Waals surface area contributed by atoms with E-state index < -0.39 is 0 Å². The summed E-state index contributed by atoms with van der Waals surface area (Å²) in [7, 11) is 5.33. The minimum Gasteiger partial charge on any atom is -0.496 e. The van der Waals surface area contributed by atoms with E-state index in [2.05, 4.69) is 54.6 Å². The summed E-state index contributed by atoms with van der Waals surface area (Å²) < 4.78 is 17.6. The zero-order valence-electron chi connectivity index (χ0n) is 19.0. The molecular formula is C30H24O3. The Balaban J connectivity index is 1.66. The predicted molar refractivity (Wildman–Crippen MR) is 131 cm³/mol. The highest BCUT2D eigenvalue weighted by Gasteiger charge is 2.39. The minimum absolute atomic E-state index is 0.919. The number of hydrogen-bond donors (Lipinski definition) is 0. The lowest BCUT2D eigenvalue weighted by atomic mass is 9.86. The van der Waals surface area contributed by atoms with E-state index >= 15 is 0 Å². The molecule has 0 saturated carbocycles. The van der Waals surface area contributed by atoms with E-state index in [4.69, 9.17) is 14.2 Å². The highest BCUT2D eigenvalue weighted by atomic mass is 16.5. The molecule has 4 aromatic carbocycles. The van der Waals surface area contributed by atoms with Crippen LogP contribution in [-0.2, 0) is 19.3 Å². The number of methoxy groups -OCH3 is 3. The summed E-state index contributed by atoms with van der Waals surface area (Å²) in [6.45, 7) is 0. The molecule has 0 fully saturated rings. The maximum atomic E-state index is 5.88. The molecule has 33 heavy (non-hydrogen) atoms. The van der Waals surface area contributed by atoms with Gasteiger partial charge in [-0.2, -0.15) is 0 Å². The number of hydrogen-bond acceptors (Lipinski definition) is 3. The molecular weight excluding hydrogens is 408 g/mol. The summed E-state index contributed by atoms with van der Waals surface area (Å²) >= 11 is 0. The van der Waals surface area contributed by atoms with Crippen molar-refractivity contribution in [1.29, 1.82) is 0 Å². The van der Waals surface area contributed by atoms with E-state index in [9.17, 15) is 0 Å². The molecule has 0 saturated heterocycles. The fourth-order valence-electron chi connectivity index (χ4n) is 6.46. The minimum atomic E-state index is 0.919. The van der Waals surface area contributed by atoms with Crippen molar-refractivity contribution in [1.82, 2.24) is 0 Å². The highest BCUT2D eigenvalue weighted by molar-refractivity contribution is 6.03. The van der Waals surface area contributed by atoms with Crippen LogP contribution in [0.1, 0.15) is 33.4 Å². The molecule has 3 aliphatic carbocycles. The van der Waals surface area contributed by atoms with Crippen molar-refractivity contribution < 1.29 is 14.2 Å². The van der Waals surface area contributed by atoms with Gasteiger partial charge in [-0.3, -0.25) is 0 Å². The Labute approximate surface area is 193 Å².